The second-order valence-corrected chi connectivity index (χ2v) is 5.81. The van der Waals surface area contributed by atoms with E-state index in [2.05, 4.69) is 11.0 Å². The van der Waals surface area contributed by atoms with E-state index in [4.69, 9.17) is 20.1 Å². The van der Waals surface area contributed by atoms with E-state index in [9.17, 15) is 0 Å². The maximum absolute atomic E-state index is 7.55. The van der Waals surface area contributed by atoms with E-state index in [1.54, 1.807) is 11.8 Å². The van der Waals surface area contributed by atoms with E-state index in [-0.39, 0.29) is 6.42 Å². The van der Waals surface area contributed by atoms with Gasteiger partial charge in [0.15, 0.2) is 0 Å². The lowest BCUT2D eigenvalue weighted by atomic mass is 10.2. The number of halogens is 1. The summed E-state index contributed by atoms with van der Waals surface area (Å²) < 4.78 is 15.1. The van der Waals surface area contributed by atoms with E-state index in [0.717, 1.165) is 21.2 Å². The van der Waals surface area contributed by atoms with Gasteiger partial charge in [0.05, 0.1) is 11.4 Å². The summed E-state index contributed by atoms with van der Waals surface area (Å²) >= 11 is 7.83. The number of nitrogens with two attached hydrogens (primary N) is 1. The lowest BCUT2D eigenvalue weighted by Gasteiger charge is -2.32. The van der Waals surface area contributed by atoms with Crippen molar-refractivity contribution in [1.82, 2.24) is 0 Å². The van der Waals surface area contributed by atoms with Gasteiger partial charge in [-0.25, -0.2) is 0 Å². The molecule has 0 saturated carbocycles. The molecule has 0 unspecified atom stereocenters. The second kappa shape index (κ2) is 5.45. The van der Waals surface area contributed by atoms with Crippen molar-refractivity contribution in [3.05, 3.63) is 47.5 Å². The topological polar surface area (TPSA) is 29.3 Å². The van der Waals surface area contributed by atoms with Crippen LogP contribution < -0.4 is 10.6 Å². The van der Waals surface area contributed by atoms with E-state index < -0.39 is 6.50 Å². The Bertz CT molecular complexity index is 673. The SMILES string of the molecule is [2H]C([2H])(N)CCN1c2ccccc2Sc2ccc(Cl)cc21. The number of fused-ring (bicyclic) bond motifs is 2. The van der Waals surface area contributed by atoms with Gasteiger partial charge in [-0.05, 0) is 43.2 Å². The van der Waals surface area contributed by atoms with E-state index in [1.165, 1.54) is 0 Å². The van der Waals surface area contributed by atoms with Gasteiger partial charge in [0.1, 0.15) is 0 Å². The van der Waals surface area contributed by atoms with E-state index in [1.807, 2.05) is 36.4 Å². The minimum Gasteiger partial charge on any atom is -0.340 e. The molecule has 1 aliphatic rings. The Morgan fingerprint density at radius 2 is 1.95 bits per heavy atom. The summed E-state index contributed by atoms with van der Waals surface area (Å²) in [5.74, 6) is 0. The van der Waals surface area contributed by atoms with Crippen LogP contribution in [0.3, 0.4) is 0 Å². The van der Waals surface area contributed by atoms with Gasteiger partial charge in [0, 0.05) is 24.1 Å². The fourth-order valence-corrected chi connectivity index (χ4v) is 3.46. The van der Waals surface area contributed by atoms with Crippen LogP contribution in [0.5, 0.6) is 0 Å². The number of anilines is 2. The summed E-state index contributed by atoms with van der Waals surface area (Å²) in [4.78, 5) is 4.37. The maximum Gasteiger partial charge on any atom is 0.0567 e. The third kappa shape index (κ3) is 2.46. The zero-order valence-electron chi connectivity index (χ0n) is 12.3. The number of nitrogens with zero attached hydrogens (tertiary/aromatic N) is 1. The van der Waals surface area contributed by atoms with Crippen LogP contribution >= 0.6 is 23.4 Å². The average molecular weight is 293 g/mol. The smallest absolute Gasteiger partial charge is 0.0567 e. The van der Waals surface area contributed by atoms with Gasteiger partial charge in [0.2, 0.25) is 0 Å². The first-order chi connectivity index (χ1) is 9.94. The highest BCUT2D eigenvalue weighted by Crippen LogP contribution is 2.48. The molecule has 0 aromatic heterocycles. The number of rotatable bonds is 3. The first-order valence-electron chi connectivity index (χ1n) is 7.07. The Hall–Kier alpha value is -1.16. The van der Waals surface area contributed by atoms with Crippen LogP contribution in [-0.2, 0) is 0 Å². The van der Waals surface area contributed by atoms with Crippen LogP contribution in [-0.4, -0.2) is 13.0 Å². The van der Waals surface area contributed by atoms with E-state index in [0.29, 0.717) is 11.6 Å². The third-order valence-corrected chi connectivity index (χ3v) is 4.43. The highest BCUT2D eigenvalue weighted by molar-refractivity contribution is 7.99. The van der Waals surface area contributed by atoms with Gasteiger partial charge in [-0.1, -0.05) is 35.5 Å². The van der Waals surface area contributed by atoms with Gasteiger partial charge < -0.3 is 10.6 Å². The summed E-state index contributed by atoms with van der Waals surface area (Å²) in [6.45, 7) is -1.17. The minimum absolute atomic E-state index is 0.248. The molecule has 0 fully saturated rings. The average Bonchev–Trinajstić information content (AvgIpc) is 2.43. The molecule has 2 aromatic rings. The normalized spacial score (nSPS) is 15.4. The molecule has 0 saturated heterocycles. The van der Waals surface area contributed by atoms with Crippen LogP contribution in [0.15, 0.2) is 52.3 Å². The summed E-state index contributed by atoms with van der Waals surface area (Å²) in [7, 11) is 0. The summed E-state index contributed by atoms with van der Waals surface area (Å²) in [5.41, 5.74) is 7.58. The Kier molecular flexibility index (Phi) is 3.04. The highest BCUT2D eigenvalue weighted by Gasteiger charge is 2.22. The van der Waals surface area contributed by atoms with Gasteiger partial charge in [0.25, 0.3) is 0 Å². The minimum atomic E-state index is -1.68. The van der Waals surface area contributed by atoms with Crippen molar-refractivity contribution < 1.29 is 2.74 Å². The number of para-hydroxylation sites is 1. The molecular formula is C15H15ClN2S. The van der Waals surface area contributed by atoms with Crippen molar-refractivity contribution in [2.24, 2.45) is 5.73 Å². The van der Waals surface area contributed by atoms with Gasteiger partial charge in [-0.15, -0.1) is 0 Å². The Morgan fingerprint density at radius 3 is 2.79 bits per heavy atom. The van der Waals surface area contributed by atoms with Crippen molar-refractivity contribution in [2.75, 3.05) is 17.9 Å². The molecule has 3 rings (SSSR count). The standard InChI is InChI=1S/C15H15ClN2S/c16-11-6-7-15-13(10-11)18(9-3-8-17)12-4-1-2-5-14(12)19-15/h1-2,4-7,10H,3,8-9,17H2/i8D2. The van der Waals surface area contributed by atoms with Crippen LogP contribution in [0.1, 0.15) is 9.16 Å². The molecule has 0 bridgehead atoms. The van der Waals surface area contributed by atoms with Crippen LogP contribution in [0.2, 0.25) is 5.02 Å². The Morgan fingerprint density at radius 1 is 1.16 bits per heavy atom. The number of hydrogen-bond donors (Lipinski definition) is 1. The van der Waals surface area contributed by atoms with Crippen molar-refractivity contribution in [1.29, 1.82) is 0 Å². The Labute approximate surface area is 125 Å². The molecular weight excluding hydrogens is 276 g/mol. The van der Waals surface area contributed by atoms with Crippen molar-refractivity contribution in [3.8, 4) is 0 Å². The first-order valence-corrected chi connectivity index (χ1v) is 7.26. The van der Waals surface area contributed by atoms with Gasteiger partial charge in [-0.2, -0.15) is 0 Å². The predicted molar refractivity (Wildman–Crippen MR) is 82.7 cm³/mol. The van der Waals surface area contributed by atoms with Crippen molar-refractivity contribution in [3.63, 3.8) is 0 Å². The van der Waals surface area contributed by atoms with Crippen molar-refractivity contribution >= 4 is 34.7 Å². The monoisotopic (exact) mass is 292 g/mol. The second-order valence-electron chi connectivity index (χ2n) is 4.29. The number of hydrogen-bond acceptors (Lipinski definition) is 3. The molecule has 2 aromatic carbocycles. The van der Waals surface area contributed by atoms with Gasteiger partial charge in [-0.3, -0.25) is 0 Å². The maximum atomic E-state index is 7.55. The Balaban J connectivity index is 2.02. The first kappa shape index (κ1) is 10.6. The molecule has 19 heavy (non-hydrogen) atoms. The molecule has 0 aliphatic carbocycles. The molecule has 1 aliphatic heterocycles. The zero-order valence-corrected chi connectivity index (χ0v) is 11.8. The lowest BCUT2D eigenvalue weighted by molar-refractivity contribution is 0.807. The predicted octanol–water partition coefficient (Wildman–Crippen LogP) is 4.29. The molecule has 2 N–H and O–H groups in total. The fraction of sp³-hybridized carbons (Fsp3) is 0.200. The molecule has 1 heterocycles. The quantitative estimate of drug-likeness (QED) is 0.915. The molecule has 0 radical (unpaired) electrons. The molecule has 0 amide bonds. The van der Waals surface area contributed by atoms with Crippen LogP contribution in [0.25, 0.3) is 0 Å². The van der Waals surface area contributed by atoms with E-state index >= 15 is 0 Å². The number of benzene rings is 2. The summed E-state index contributed by atoms with van der Waals surface area (Å²) in [5, 5.41) is 0.675. The van der Waals surface area contributed by atoms with Crippen molar-refractivity contribution in [2.45, 2.75) is 16.2 Å². The lowest BCUT2D eigenvalue weighted by Crippen LogP contribution is -2.23. The molecule has 2 nitrogen and oxygen atoms in total. The third-order valence-electron chi connectivity index (χ3n) is 3.07. The largest absolute Gasteiger partial charge is 0.340 e. The molecule has 4 heteroatoms. The highest BCUT2D eigenvalue weighted by atomic mass is 35.5. The van der Waals surface area contributed by atoms with Gasteiger partial charge >= 0.3 is 0 Å². The molecule has 0 spiro atoms. The summed E-state index contributed by atoms with van der Waals surface area (Å²) in [6, 6.07) is 13.9. The molecule has 98 valence electrons. The fourth-order valence-electron chi connectivity index (χ4n) is 2.22. The van der Waals surface area contributed by atoms with Crippen LogP contribution in [0.4, 0.5) is 11.4 Å². The molecule has 0 atom stereocenters. The van der Waals surface area contributed by atoms with Crippen LogP contribution in [0, 0.1) is 0 Å². The summed E-state index contributed by atoms with van der Waals surface area (Å²) in [6.07, 6.45) is 0.248. The zero-order chi connectivity index (χ0) is 15.0.